The van der Waals surface area contributed by atoms with Crippen molar-refractivity contribution < 1.29 is 17.9 Å². The molecule has 1 aliphatic heterocycles. The number of carbonyl (C=O) groups excluding carboxylic acids is 1. The Kier molecular flexibility index (Phi) is 4.41. The summed E-state index contributed by atoms with van der Waals surface area (Å²) in [7, 11) is -2.38. The molecule has 0 aromatic carbocycles. The van der Waals surface area contributed by atoms with Crippen molar-refractivity contribution in [1.29, 1.82) is 0 Å². The molecule has 1 aromatic heterocycles. The van der Waals surface area contributed by atoms with E-state index in [9.17, 15) is 13.2 Å². The van der Waals surface area contributed by atoms with Gasteiger partial charge in [0.15, 0.2) is 0 Å². The van der Waals surface area contributed by atoms with Gasteiger partial charge in [0.1, 0.15) is 4.90 Å². The van der Waals surface area contributed by atoms with E-state index in [2.05, 4.69) is 14.7 Å². The van der Waals surface area contributed by atoms with Gasteiger partial charge in [-0.15, -0.1) is 0 Å². The molecule has 0 atom stereocenters. The molecule has 0 bridgehead atoms. The second-order valence-corrected chi connectivity index (χ2v) is 6.32. The number of hydrogen-bond donors (Lipinski definition) is 0. The van der Waals surface area contributed by atoms with Gasteiger partial charge in [-0.25, -0.2) is 23.2 Å². The van der Waals surface area contributed by atoms with Gasteiger partial charge in [-0.3, -0.25) is 0 Å². The Balaban J connectivity index is 2.09. The lowest BCUT2D eigenvalue weighted by molar-refractivity contribution is 0.108. The highest BCUT2D eigenvalue weighted by molar-refractivity contribution is 7.89. The van der Waals surface area contributed by atoms with E-state index < -0.39 is 16.1 Å². The average molecular weight is 321 g/mol. The SMILES string of the molecule is COC(=O)N1CCN(S(=O)(=O)c2cnc(Cl)nc2)CC1. The summed E-state index contributed by atoms with van der Waals surface area (Å²) in [4.78, 5) is 20.1. The quantitative estimate of drug-likeness (QED) is 0.723. The van der Waals surface area contributed by atoms with Gasteiger partial charge in [0.2, 0.25) is 15.3 Å². The Hall–Kier alpha value is -1.45. The van der Waals surface area contributed by atoms with Crippen LogP contribution < -0.4 is 0 Å². The number of aromatic nitrogens is 2. The first-order valence-corrected chi connectivity index (χ1v) is 7.57. The summed E-state index contributed by atoms with van der Waals surface area (Å²) >= 11 is 5.53. The van der Waals surface area contributed by atoms with Crippen LogP contribution >= 0.6 is 11.6 Å². The minimum atomic E-state index is -3.66. The first kappa shape index (κ1) is 14.9. The lowest BCUT2D eigenvalue weighted by Crippen LogP contribution is -2.50. The average Bonchev–Trinajstić information content (AvgIpc) is 2.47. The molecule has 110 valence electrons. The van der Waals surface area contributed by atoms with Gasteiger partial charge in [0.05, 0.1) is 19.5 Å². The lowest BCUT2D eigenvalue weighted by Gasteiger charge is -2.32. The fraction of sp³-hybridized carbons (Fsp3) is 0.500. The van der Waals surface area contributed by atoms with Crippen LogP contribution in [0.2, 0.25) is 5.28 Å². The van der Waals surface area contributed by atoms with Gasteiger partial charge < -0.3 is 9.64 Å². The van der Waals surface area contributed by atoms with Crippen LogP contribution in [0, 0.1) is 0 Å². The molecule has 1 aliphatic rings. The van der Waals surface area contributed by atoms with E-state index in [0.717, 1.165) is 12.4 Å². The number of nitrogens with zero attached hydrogens (tertiary/aromatic N) is 4. The van der Waals surface area contributed by atoms with Crippen molar-refractivity contribution in [2.45, 2.75) is 4.90 Å². The highest BCUT2D eigenvalue weighted by Gasteiger charge is 2.30. The largest absolute Gasteiger partial charge is 0.453 e. The normalized spacial score (nSPS) is 17.0. The maximum Gasteiger partial charge on any atom is 0.409 e. The van der Waals surface area contributed by atoms with Crippen LogP contribution in [0.15, 0.2) is 17.3 Å². The predicted molar refractivity (Wildman–Crippen MR) is 69.8 cm³/mol. The zero-order valence-corrected chi connectivity index (χ0v) is 12.3. The van der Waals surface area contributed by atoms with Gasteiger partial charge in [0, 0.05) is 26.2 Å². The van der Waals surface area contributed by atoms with Crippen molar-refractivity contribution in [2.24, 2.45) is 0 Å². The van der Waals surface area contributed by atoms with Crippen molar-refractivity contribution in [2.75, 3.05) is 33.3 Å². The third-order valence-corrected chi connectivity index (χ3v) is 4.95. The van der Waals surface area contributed by atoms with Gasteiger partial charge in [-0.2, -0.15) is 4.31 Å². The molecule has 0 saturated carbocycles. The fourth-order valence-corrected chi connectivity index (χ4v) is 3.23. The molecule has 1 fully saturated rings. The number of ether oxygens (including phenoxy) is 1. The number of halogens is 1. The first-order valence-electron chi connectivity index (χ1n) is 5.75. The third kappa shape index (κ3) is 3.00. The number of amides is 1. The monoisotopic (exact) mass is 320 g/mol. The minimum Gasteiger partial charge on any atom is -0.453 e. The zero-order chi connectivity index (χ0) is 14.8. The zero-order valence-electron chi connectivity index (χ0n) is 10.7. The summed E-state index contributed by atoms with van der Waals surface area (Å²) in [6, 6.07) is 0. The van der Waals surface area contributed by atoms with Gasteiger partial charge in [-0.05, 0) is 11.6 Å². The van der Waals surface area contributed by atoms with Crippen LogP contribution in [0.5, 0.6) is 0 Å². The maximum atomic E-state index is 12.3. The molecular formula is C10H13ClN4O4S. The molecule has 8 nitrogen and oxygen atoms in total. The van der Waals surface area contributed by atoms with Crippen molar-refractivity contribution in [3.8, 4) is 0 Å². The summed E-state index contributed by atoms with van der Waals surface area (Å²) in [5.74, 6) is 0. The van der Waals surface area contributed by atoms with Crippen LogP contribution in [0.4, 0.5) is 4.79 Å². The van der Waals surface area contributed by atoms with Crippen LogP contribution in [0.1, 0.15) is 0 Å². The van der Waals surface area contributed by atoms with E-state index in [1.165, 1.54) is 16.3 Å². The van der Waals surface area contributed by atoms with Crippen molar-refractivity contribution in [1.82, 2.24) is 19.2 Å². The number of hydrogen-bond acceptors (Lipinski definition) is 6. The van der Waals surface area contributed by atoms with E-state index in [1.807, 2.05) is 0 Å². The number of piperazine rings is 1. The first-order chi connectivity index (χ1) is 9.45. The summed E-state index contributed by atoms with van der Waals surface area (Å²) in [6.07, 6.45) is 1.87. The van der Waals surface area contributed by atoms with E-state index >= 15 is 0 Å². The van der Waals surface area contributed by atoms with Gasteiger partial charge >= 0.3 is 6.09 Å². The molecular weight excluding hydrogens is 308 g/mol. The van der Waals surface area contributed by atoms with Crippen LogP contribution in [-0.2, 0) is 14.8 Å². The molecule has 0 spiro atoms. The molecule has 20 heavy (non-hydrogen) atoms. The fourth-order valence-electron chi connectivity index (χ4n) is 1.82. The number of rotatable bonds is 2. The summed E-state index contributed by atoms with van der Waals surface area (Å²) in [5, 5.41) is -0.0144. The molecule has 0 aliphatic carbocycles. The smallest absolute Gasteiger partial charge is 0.409 e. The Labute approximate surface area is 121 Å². The summed E-state index contributed by atoms with van der Waals surface area (Å²) < 4.78 is 30.5. The molecule has 0 N–H and O–H groups in total. The molecule has 1 amide bonds. The molecule has 0 radical (unpaired) electrons. The van der Waals surface area contributed by atoms with Gasteiger partial charge in [-0.1, -0.05) is 0 Å². The van der Waals surface area contributed by atoms with Crippen molar-refractivity contribution in [3.05, 3.63) is 17.7 Å². The number of carbonyl (C=O) groups is 1. The van der Waals surface area contributed by atoms with Crippen LogP contribution in [-0.4, -0.2) is 67.0 Å². The number of sulfonamides is 1. The third-order valence-electron chi connectivity index (χ3n) is 2.91. The summed E-state index contributed by atoms with van der Waals surface area (Å²) in [5.41, 5.74) is 0. The molecule has 10 heteroatoms. The summed E-state index contributed by atoms with van der Waals surface area (Å²) in [6.45, 7) is 0.945. The number of methoxy groups -OCH3 is 1. The topological polar surface area (TPSA) is 92.7 Å². The Morgan fingerprint density at radius 2 is 1.80 bits per heavy atom. The predicted octanol–water partition coefficient (Wildman–Crippen LogP) is 0.203. The molecule has 1 saturated heterocycles. The second-order valence-electron chi connectivity index (χ2n) is 4.05. The molecule has 1 aromatic rings. The van der Waals surface area contributed by atoms with Crippen LogP contribution in [0.3, 0.4) is 0 Å². The van der Waals surface area contributed by atoms with E-state index in [4.69, 9.17) is 11.6 Å². The van der Waals surface area contributed by atoms with E-state index in [-0.39, 0.29) is 36.4 Å². The highest BCUT2D eigenvalue weighted by Crippen LogP contribution is 2.17. The second kappa shape index (κ2) is 5.90. The molecule has 2 heterocycles. The minimum absolute atomic E-state index is 0.0144. The Morgan fingerprint density at radius 1 is 1.25 bits per heavy atom. The van der Waals surface area contributed by atoms with Gasteiger partial charge in [0.25, 0.3) is 0 Å². The lowest BCUT2D eigenvalue weighted by atomic mass is 10.4. The maximum absolute atomic E-state index is 12.3. The molecule has 2 rings (SSSR count). The van der Waals surface area contributed by atoms with Crippen molar-refractivity contribution in [3.63, 3.8) is 0 Å². The molecule has 0 unspecified atom stereocenters. The Bertz CT molecular complexity index is 584. The Morgan fingerprint density at radius 3 is 2.30 bits per heavy atom. The van der Waals surface area contributed by atoms with Crippen LogP contribution in [0.25, 0.3) is 0 Å². The highest BCUT2D eigenvalue weighted by atomic mass is 35.5. The standard InChI is InChI=1S/C10H13ClN4O4S/c1-19-10(16)14-2-4-15(5-3-14)20(17,18)8-6-12-9(11)13-7-8/h6-7H,2-5H2,1H3. The van der Waals surface area contributed by atoms with Crippen molar-refractivity contribution >= 4 is 27.7 Å². The van der Waals surface area contributed by atoms with E-state index in [0.29, 0.717) is 0 Å². The van der Waals surface area contributed by atoms with E-state index in [1.54, 1.807) is 0 Å².